The molecule has 0 saturated carbocycles. The first-order valence-electron chi connectivity index (χ1n) is 7.49. The lowest BCUT2D eigenvalue weighted by atomic mass is 10.2. The highest BCUT2D eigenvalue weighted by molar-refractivity contribution is 6.04. The van der Waals surface area contributed by atoms with E-state index in [0.29, 0.717) is 17.8 Å². The van der Waals surface area contributed by atoms with Gasteiger partial charge in [-0.1, -0.05) is 0 Å². The number of pyridine rings is 1. The lowest BCUT2D eigenvalue weighted by Crippen LogP contribution is -2.47. The van der Waals surface area contributed by atoms with Crippen molar-refractivity contribution in [3.8, 4) is 0 Å². The van der Waals surface area contributed by atoms with Gasteiger partial charge in [0.25, 0.3) is 5.91 Å². The number of anilines is 2. The molecule has 6 heteroatoms. The summed E-state index contributed by atoms with van der Waals surface area (Å²) in [7, 11) is 1.80. The van der Waals surface area contributed by atoms with E-state index in [1.165, 1.54) is 0 Å². The van der Waals surface area contributed by atoms with Crippen molar-refractivity contribution in [2.75, 3.05) is 30.4 Å². The normalized spacial score (nSPS) is 14.7. The Morgan fingerprint density at radius 2 is 1.78 bits per heavy atom. The van der Waals surface area contributed by atoms with Gasteiger partial charge in [-0.3, -0.25) is 14.7 Å². The van der Waals surface area contributed by atoms with E-state index < -0.39 is 0 Å². The number of benzene rings is 1. The third-order valence-electron chi connectivity index (χ3n) is 3.81. The minimum atomic E-state index is -0.186. The number of nitrogens with zero attached hydrogens (tertiary/aromatic N) is 3. The van der Waals surface area contributed by atoms with Gasteiger partial charge in [-0.15, -0.1) is 0 Å². The van der Waals surface area contributed by atoms with Crippen LogP contribution in [0.25, 0.3) is 0 Å². The van der Waals surface area contributed by atoms with E-state index >= 15 is 0 Å². The number of rotatable bonds is 3. The second-order valence-corrected chi connectivity index (χ2v) is 5.45. The number of urea groups is 1. The molecule has 1 fully saturated rings. The Morgan fingerprint density at radius 3 is 2.48 bits per heavy atom. The smallest absolute Gasteiger partial charge is 0.324 e. The lowest BCUT2D eigenvalue weighted by Gasteiger charge is -2.33. The van der Waals surface area contributed by atoms with Crippen LogP contribution >= 0.6 is 0 Å². The molecule has 3 rings (SSSR count). The predicted octanol–water partition coefficient (Wildman–Crippen LogP) is 2.60. The Balaban J connectivity index is 1.70. The van der Waals surface area contributed by atoms with Crippen molar-refractivity contribution >= 4 is 23.3 Å². The number of hydrogen-bond donors (Lipinski definition) is 1. The summed E-state index contributed by atoms with van der Waals surface area (Å²) in [6, 6.07) is 10.6. The van der Waals surface area contributed by atoms with Crippen LogP contribution in [0.5, 0.6) is 0 Å². The summed E-state index contributed by atoms with van der Waals surface area (Å²) in [4.78, 5) is 31.6. The molecule has 0 radical (unpaired) electrons. The molecule has 0 aliphatic carbocycles. The van der Waals surface area contributed by atoms with Crippen molar-refractivity contribution in [3.05, 3.63) is 54.4 Å². The summed E-state index contributed by atoms with van der Waals surface area (Å²) in [6.07, 6.45) is 4.11. The van der Waals surface area contributed by atoms with E-state index in [2.05, 4.69) is 10.3 Å². The Morgan fingerprint density at radius 1 is 1.09 bits per heavy atom. The van der Waals surface area contributed by atoms with Crippen molar-refractivity contribution in [1.82, 2.24) is 9.88 Å². The molecule has 2 heterocycles. The van der Waals surface area contributed by atoms with Gasteiger partial charge in [0.1, 0.15) is 0 Å². The molecule has 1 saturated heterocycles. The van der Waals surface area contributed by atoms with Gasteiger partial charge in [-0.05, 0) is 42.8 Å². The average molecular weight is 310 g/mol. The van der Waals surface area contributed by atoms with Crippen molar-refractivity contribution in [3.63, 3.8) is 0 Å². The van der Waals surface area contributed by atoms with E-state index in [1.54, 1.807) is 53.5 Å². The molecular formula is C17H18N4O2. The Bertz CT molecular complexity index is 700. The molecule has 3 amide bonds. The molecule has 0 spiro atoms. The van der Waals surface area contributed by atoms with Gasteiger partial charge in [0.15, 0.2) is 0 Å². The van der Waals surface area contributed by atoms with E-state index in [-0.39, 0.29) is 11.9 Å². The van der Waals surface area contributed by atoms with Crippen molar-refractivity contribution < 1.29 is 9.59 Å². The zero-order valence-corrected chi connectivity index (χ0v) is 12.9. The number of amides is 3. The summed E-state index contributed by atoms with van der Waals surface area (Å²) < 4.78 is 0. The van der Waals surface area contributed by atoms with Crippen LogP contribution in [0.4, 0.5) is 16.2 Å². The molecule has 1 aromatic heterocycles. The largest absolute Gasteiger partial charge is 0.327 e. The molecule has 1 aliphatic heterocycles. The van der Waals surface area contributed by atoms with E-state index in [0.717, 1.165) is 18.7 Å². The van der Waals surface area contributed by atoms with Gasteiger partial charge >= 0.3 is 6.03 Å². The quantitative estimate of drug-likeness (QED) is 0.947. The molecule has 23 heavy (non-hydrogen) atoms. The van der Waals surface area contributed by atoms with Gasteiger partial charge in [-0.25, -0.2) is 4.79 Å². The van der Waals surface area contributed by atoms with Crippen LogP contribution in [0.2, 0.25) is 0 Å². The number of nitrogens with one attached hydrogen (secondary N) is 1. The first-order valence-corrected chi connectivity index (χ1v) is 7.49. The van der Waals surface area contributed by atoms with Gasteiger partial charge < -0.3 is 10.2 Å². The van der Waals surface area contributed by atoms with Crippen molar-refractivity contribution in [2.24, 2.45) is 0 Å². The van der Waals surface area contributed by atoms with Gasteiger partial charge in [-0.2, -0.15) is 0 Å². The fraction of sp³-hybridized carbons (Fsp3) is 0.235. The molecule has 6 nitrogen and oxygen atoms in total. The van der Waals surface area contributed by atoms with E-state index in [1.807, 2.05) is 12.1 Å². The van der Waals surface area contributed by atoms with Crippen LogP contribution < -0.4 is 10.2 Å². The Labute approximate surface area is 134 Å². The highest BCUT2D eigenvalue weighted by Gasteiger charge is 2.23. The molecule has 0 unspecified atom stereocenters. The first-order chi connectivity index (χ1) is 11.1. The molecule has 118 valence electrons. The highest BCUT2D eigenvalue weighted by Crippen LogP contribution is 2.22. The highest BCUT2D eigenvalue weighted by atomic mass is 16.2. The molecule has 0 bridgehead atoms. The number of carbonyl (C=O) groups is 2. The monoisotopic (exact) mass is 310 g/mol. The van der Waals surface area contributed by atoms with Gasteiger partial charge in [0, 0.05) is 49.5 Å². The fourth-order valence-electron chi connectivity index (χ4n) is 2.53. The van der Waals surface area contributed by atoms with Gasteiger partial charge in [0.05, 0.1) is 0 Å². The number of carbonyl (C=O) groups excluding carboxylic acids is 2. The third-order valence-corrected chi connectivity index (χ3v) is 3.81. The molecule has 1 N–H and O–H groups in total. The summed E-state index contributed by atoms with van der Waals surface area (Å²) in [5.41, 5.74) is 2.08. The number of aromatic nitrogens is 1. The lowest BCUT2D eigenvalue weighted by molar-refractivity contribution is 0.102. The van der Waals surface area contributed by atoms with Crippen LogP contribution in [0, 0.1) is 0 Å². The summed E-state index contributed by atoms with van der Waals surface area (Å²) in [5, 5.41) is 2.83. The summed E-state index contributed by atoms with van der Waals surface area (Å²) >= 11 is 0. The van der Waals surface area contributed by atoms with Crippen molar-refractivity contribution in [2.45, 2.75) is 6.42 Å². The second-order valence-electron chi connectivity index (χ2n) is 5.45. The van der Waals surface area contributed by atoms with Crippen LogP contribution in [0.1, 0.15) is 16.8 Å². The first kappa shape index (κ1) is 15.0. The van der Waals surface area contributed by atoms with Crippen LogP contribution in [0.15, 0.2) is 48.8 Å². The Hall–Kier alpha value is -2.89. The summed E-state index contributed by atoms with van der Waals surface area (Å²) in [5.74, 6) is -0.186. The van der Waals surface area contributed by atoms with E-state index in [9.17, 15) is 9.59 Å². The molecule has 1 aromatic carbocycles. The molecular weight excluding hydrogens is 292 g/mol. The molecule has 0 atom stereocenters. The zero-order chi connectivity index (χ0) is 16.2. The summed E-state index contributed by atoms with van der Waals surface area (Å²) in [6.45, 7) is 1.50. The van der Waals surface area contributed by atoms with Crippen LogP contribution in [0.3, 0.4) is 0 Å². The van der Waals surface area contributed by atoms with Gasteiger partial charge in [0.2, 0.25) is 0 Å². The standard InChI is InChI=1S/C17H18N4O2/c1-20-11-2-12-21(17(20)23)15-5-3-14(4-6-15)19-16(22)13-7-9-18-10-8-13/h3-10H,2,11-12H2,1H3,(H,19,22). The third kappa shape index (κ3) is 3.31. The molecule has 1 aliphatic rings. The van der Waals surface area contributed by atoms with E-state index in [4.69, 9.17) is 0 Å². The van der Waals surface area contributed by atoms with Crippen molar-refractivity contribution in [1.29, 1.82) is 0 Å². The van der Waals surface area contributed by atoms with Crippen LogP contribution in [-0.2, 0) is 0 Å². The van der Waals surface area contributed by atoms with Crippen LogP contribution in [-0.4, -0.2) is 42.0 Å². The number of hydrogen-bond acceptors (Lipinski definition) is 3. The fourth-order valence-corrected chi connectivity index (χ4v) is 2.53. The minimum absolute atomic E-state index is 0.00446. The molecule has 2 aromatic rings. The second kappa shape index (κ2) is 6.48. The average Bonchev–Trinajstić information content (AvgIpc) is 2.59. The SMILES string of the molecule is CN1CCCN(c2ccc(NC(=O)c3ccncc3)cc2)C1=O. The topological polar surface area (TPSA) is 65.5 Å². The maximum absolute atomic E-state index is 12.1. The minimum Gasteiger partial charge on any atom is -0.327 e. The maximum Gasteiger partial charge on any atom is 0.324 e. The Kier molecular flexibility index (Phi) is 4.23. The zero-order valence-electron chi connectivity index (χ0n) is 12.9. The maximum atomic E-state index is 12.1. The predicted molar refractivity (Wildman–Crippen MR) is 88.6 cm³/mol.